The summed E-state index contributed by atoms with van der Waals surface area (Å²) in [6.45, 7) is 17.3. The Morgan fingerprint density at radius 2 is 0.486 bits per heavy atom. The Kier molecular flexibility index (Phi) is 74.4. The van der Waals surface area contributed by atoms with Crippen molar-refractivity contribution in [2.45, 2.75) is 581 Å². The zero-order chi connectivity index (χ0) is 100.0. The van der Waals surface area contributed by atoms with Gasteiger partial charge >= 0.3 is 7.32 Å². The van der Waals surface area contributed by atoms with Crippen LogP contribution in [0.2, 0.25) is 0 Å². The van der Waals surface area contributed by atoms with Crippen molar-refractivity contribution in [1.29, 1.82) is 0 Å². The zero-order valence-electron chi connectivity index (χ0n) is 93.0. The van der Waals surface area contributed by atoms with Gasteiger partial charge < -0.3 is 52.4 Å². The molecule has 0 unspecified atom stereocenters. The third kappa shape index (κ3) is 57.6. The largest absolute Gasteiger partial charge is 0.864 e. The molecule has 0 bridgehead atoms. The lowest BCUT2D eigenvalue weighted by Crippen LogP contribution is -2.28. The van der Waals surface area contributed by atoms with E-state index >= 15 is 4.79 Å². The first-order valence-corrected chi connectivity index (χ1v) is 61.7. The van der Waals surface area contributed by atoms with Crippen molar-refractivity contribution in [2.24, 2.45) is 0 Å². The summed E-state index contributed by atoms with van der Waals surface area (Å²) in [6, 6.07) is 28.6. The number of aromatic nitrogens is 2. The minimum Gasteiger partial charge on any atom is -0.490 e. The van der Waals surface area contributed by atoms with E-state index in [9.17, 15) is 0 Å². The molecule has 0 amide bonds. The lowest BCUT2D eigenvalue weighted by atomic mass is 10.0. The number of rotatable bonds is 103. The van der Waals surface area contributed by atoms with Gasteiger partial charge in [0.15, 0.2) is 28.7 Å². The van der Waals surface area contributed by atoms with Crippen LogP contribution in [0.1, 0.15) is 597 Å². The molecule has 6 aromatic rings. The first-order chi connectivity index (χ1) is 70.4. The van der Waals surface area contributed by atoms with Crippen molar-refractivity contribution in [1.82, 2.24) is 9.97 Å². The Morgan fingerprint density at radius 1 is 0.254 bits per heavy atom. The van der Waals surface area contributed by atoms with Crippen LogP contribution < -0.4 is 37.7 Å². The van der Waals surface area contributed by atoms with Gasteiger partial charge in [-0.3, -0.25) is 4.79 Å². The van der Waals surface area contributed by atoms with Gasteiger partial charge in [0.2, 0.25) is 17.3 Å². The van der Waals surface area contributed by atoms with Crippen molar-refractivity contribution in [2.75, 3.05) is 39.6 Å². The lowest BCUT2D eigenvalue weighted by Gasteiger charge is -2.19. The number of benzene rings is 4. The number of nitrogens with one attached hydrogen (secondary N) is 2. The first kappa shape index (κ1) is 122. The fourth-order valence-corrected chi connectivity index (χ4v) is 20.6. The van der Waals surface area contributed by atoms with Gasteiger partial charge in [0, 0.05) is 34.0 Å². The van der Waals surface area contributed by atoms with Gasteiger partial charge in [0.1, 0.15) is 11.5 Å². The molecule has 0 saturated carbocycles. The van der Waals surface area contributed by atoms with E-state index in [1.54, 1.807) is 6.08 Å². The van der Waals surface area contributed by atoms with Gasteiger partial charge in [-0.25, -0.2) is 0 Å². The second-order valence-electron chi connectivity index (χ2n) is 43.0. The molecule has 2 aromatic heterocycles. The van der Waals surface area contributed by atoms with Crippen LogP contribution in [0, 0.1) is 0 Å². The van der Waals surface area contributed by atoms with Crippen molar-refractivity contribution in [3.05, 3.63) is 102 Å². The molecule has 0 radical (unpaired) electrons. The first-order valence-electron chi connectivity index (χ1n) is 61.7. The third-order valence-electron chi connectivity index (χ3n) is 29.8. The summed E-state index contributed by atoms with van der Waals surface area (Å²) in [6.07, 6.45) is 111. The number of H-pyrrole nitrogens is 2. The maximum atomic E-state index is 15.5. The summed E-state index contributed by atoms with van der Waals surface area (Å²) in [5.41, 5.74) is 4.28. The molecule has 13 heteroatoms. The second kappa shape index (κ2) is 86.4. The van der Waals surface area contributed by atoms with E-state index in [2.05, 4.69) is 87.9 Å². The SMILES string of the molecule is CCCCCCCCCCCCCCCCOc1cc(-c2ccc(C(=O)/C=C(\OB3Oc4ccc5ccccc5c4O3)c3ccc(-c4cc(OCCCCCCCCCCCCCCCC)c(OCCCCCCCCCCCCCCCC)c(OCCCCCCCCCCCCCCCC)c4)[nH]3)[nH]2)cc(OCCCCCCCCCCCCCCCC)c1OCCCCCCCCCCCCCCCC. The predicted molar refractivity (Wildman–Crippen MR) is 612 cm³/mol. The minimum absolute atomic E-state index is 0.254. The Morgan fingerprint density at radius 3 is 0.754 bits per heavy atom. The van der Waals surface area contributed by atoms with Crippen LogP contribution in [-0.2, 0) is 4.65 Å². The molecule has 1 aliphatic heterocycles. The summed E-state index contributed by atoms with van der Waals surface area (Å²) < 4.78 is 62.0. The second-order valence-corrected chi connectivity index (χ2v) is 43.0. The molecule has 0 spiro atoms. The minimum atomic E-state index is -1.20. The number of allylic oxidation sites excluding steroid dienone is 1. The van der Waals surface area contributed by atoms with Crippen LogP contribution >= 0.6 is 0 Å². The van der Waals surface area contributed by atoms with E-state index < -0.39 is 7.32 Å². The van der Waals surface area contributed by atoms with E-state index in [-0.39, 0.29) is 11.5 Å². The predicted octanol–water partition coefficient (Wildman–Crippen LogP) is 42.7. The monoisotopic (exact) mass is 1960 g/mol. The number of carbonyl (C=O) groups is 1. The molecular weight excluding hydrogens is 1750 g/mol. The maximum Gasteiger partial charge on any atom is 0.864 e. The standard InChI is InChI=1S/C129H215BN2O10/c1-7-13-19-25-31-37-43-49-55-61-67-73-79-87-101-134-123-107-113(108-124(135-102-88-80-74-68-62-56-50-44-38-32-26-20-14-8-2)128(123)138-105-91-83-77-71-65-59-53-47-41-35-29-23-17-11-5)116-96-98-118(131-116)120(133)111-122(141-130-140-121-100-95-112-93-85-86-94-115(112)127(121)142-130)119-99-97-117(132-119)114-109-125(136-103-89-81-75-69-63-57-51-45-39-33-27-21-15-9-3)129(139-106-92-84-78-72-66-60-54-48-42-36-30-24-18-12-6)126(110-114)137-104-90-82-76-70-64-58-52-46-40-34-28-22-16-10-4/h85-86,93-100,107-111,131-132H,7-84,87-92,101-106H2,1-6H3/b122-111-. The number of ether oxygens (including phenoxy) is 6. The Hall–Kier alpha value is -6.63. The highest BCUT2D eigenvalue weighted by Gasteiger charge is 2.40. The normalized spacial score (nSPS) is 12.0. The Balaban J connectivity index is 1.16. The fraction of sp³-hybridized carbons (Fsp3) is 0.744. The Labute approximate surface area is 872 Å². The summed E-state index contributed by atoms with van der Waals surface area (Å²) >= 11 is 0. The van der Waals surface area contributed by atoms with Crippen LogP contribution in [0.4, 0.5) is 0 Å². The van der Waals surface area contributed by atoms with Crippen molar-refractivity contribution < 1.29 is 47.2 Å². The highest BCUT2D eigenvalue weighted by molar-refractivity contribution is 6.42. The molecule has 804 valence electrons. The van der Waals surface area contributed by atoms with Crippen LogP contribution in [0.15, 0.2) is 91.0 Å². The number of hydrogen-bond donors (Lipinski definition) is 2. The highest BCUT2D eigenvalue weighted by atomic mass is 16.8. The number of carbonyl (C=O) groups excluding carboxylic acids is 1. The number of unbranched alkanes of at least 4 members (excludes halogenated alkanes) is 78. The quantitative estimate of drug-likeness (QED) is 0.0125. The average molecular weight is 1960 g/mol. The van der Waals surface area contributed by atoms with Gasteiger partial charge in [0.25, 0.3) is 0 Å². The number of hydrogen-bond acceptors (Lipinski definition) is 10. The summed E-state index contributed by atoms with van der Waals surface area (Å²) in [7, 11) is -1.20. The smallest absolute Gasteiger partial charge is 0.490 e. The van der Waals surface area contributed by atoms with E-state index in [0.717, 1.165) is 110 Å². The van der Waals surface area contributed by atoms with E-state index in [1.807, 2.05) is 48.5 Å². The molecule has 0 saturated heterocycles. The molecule has 12 nitrogen and oxygen atoms in total. The van der Waals surface area contributed by atoms with Gasteiger partial charge in [-0.15, -0.1) is 0 Å². The van der Waals surface area contributed by atoms with Crippen molar-refractivity contribution in [3.63, 3.8) is 0 Å². The van der Waals surface area contributed by atoms with Crippen LogP contribution in [0.5, 0.6) is 46.0 Å². The van der Waals surface area contributed by atoms with Crippen LogP contribution in [0.3, 0.4) is 0 Å². The molecule has 4 aromatic carbocycles. The number of aromatic amines is 2. The topological polar surface area (TPSA) is 132 Å². The van der Waals surface area contributed by atoms with E-state index in [4.69, 9.17) is 42.4 Å². The zero-order valence-corrected chi connectivity index (χ0v) is 93.0. The third-order valence-corrected chi connectivity index (χ3v) is 29.8. The van der Waals surface area contributed by atoms with Crippen LogP contribution in [0.25, 0.3) is 39.0 Å². The van der Waals surface area contributed by atoms with Gasteiger partial charge in [-0.2, -0.15) is 0 Å². The molecule has 0 atom stereocenters. The summed E-state index contributed by atoms with van der Waals surface area (Å²) in [5, 5.41) is 1.95. The van der Waals surface area contributed by atoms with E-state index in [1.165, 1.54) is 462 Å². The molecule has 0 aliphatic carbocycles. The molecule has 142 heavy (non-hydrogen) atoms. The molecular formula is C129H215BN2O10. The van der Waals surface area contributed by atoms with Gasteiger partial charge in [-0.05, 0) is 98.5 Å². The maximum absolute atomic E-state index is 15.5. The lowest BCUT2D eigenvalue weighted by molar-refractivity contribution is 0.104. The Bertz CT molecular complexity index is 3860. The molecule has 0 fully saturated rings. The molecule has 2 N–H and O–H groups in total. The summed E-state index contributed by atoms with van der Waals surface area (Å²) in [5.74, 6) is 5.29. The van der Waals surface area contributed by atoms with Gasteiger partial charge in [-0.1, -0.05) is 573 Å². The highest BCUT2D eigenvalue weighted by Crippen LogP contribution is 2.46. The van der Waals surface area contributed by atoms with E-state index in [0.29, 0.717) is 97.0 Å². The fourth-order valence-electron chi connectivity index (χ4n) is 20.6. The van der Waals surface area contributed by atoms with Gasteiger partial charge in [0.05, 0.1) is 51.0 Å². The number of fused-ring (bicyclic) bond motifs is 3. The molecule has 1 aliphatic rings. The average Bonchev–Trinajstić information content (AvgIpc) is 1.61. The van der Waals surface area contributed by atoms with Crippen molar-refractivity contribution in [3.8, 4) is 68.5 Å². The number of ketones is 1. The summed E-state index contributed by atoms with van der Waals surface area (Å²) in [4.78, 5) is 22.9. The molecule has 7 rings (SSSR count). The van der Waals surface area contributed by atoms with Crippen LogP contribution in [-0.4, -0.2) is 62.7 Å². The molecule has 3 heterocycles. The van der Waals surface area contributed by atoms with Crippen molar-refractivity contribution >= 4 is 29.6 Å².